The predicted octanol–water partition coefficient (Wildman–Crippen LogP) is 5.46. The lowest BCUT2D eigenvalue weighted by Gasteiger charge is -2.36. The number of methoxy groups -OCH3 is 1. The molecule has 0 unspecified atom stereocenters. The fourth-order valence-electron chi connectivity index (χ4n) is 4.06. The fraction of sp³-hybridized carbons (Fsp3) is 0.417. The number of carbonyl (C=O) groups is 1. The Morgan fingerprint density at radius 1 is 1.27 bits per heavy atom. The van der Waals surface area contributed by atoms with Crippen molar-refractivity contribution in [2.24, 2.45) is 0 Å². The monoisotopic (exact) mass is 537 g/mol. The quantitative estimate of drug-likeness (QED) is 0.435. The molecule has 0 radical (unpaired) electrons. The van der Waals surface area contributed by atoms with Crippen molar-refractivity contribution in [3.8, 4) is 17.1 Å². The van der Waals surface area contributed by atoms with Crippen LogP contribution in [0.4, 0.5) is 30.6 Å². The van der Waals surface area contributed by atoms with Crippen LogP contribution in [0.25, 0.3) is 11.3 Å². The SMILES string of the molecule is COc1cc(Nc2nc3c(c(N(C)C)n2)SC2(CCC2)C3)ccc1-c1cnc(C)o1.O=C(O)C(F)(F)F. The molecule has 1 aromatic carbocycles. The zero-order valence-corrected chi connectivity index (χ0v) is 21.5. The number of nitrogens with one attached hydrogen (secondary N) is 1. The van der Waals surface area contributed by atoms with Crippen LogP contribution < -0.4 is 15.0 Å². The van der Waals surface area contributed by atoms with E-state index < -0.39 is 12.1 Å². The van der Waals surface area contributed by atoms with Gasteiger partial charge in [-0.1, -0.05) is 6.42 Å². The lowest BCUT2D eigenvalue weighted by Crippen LogP contribution is -2.32. The number of benzene rings is 1. The smallest absolute Gasteiger partial charge is 0.490 e. The summed E-state index contributed by atoms with van der Waals surface area (Å²) in [6.45, 7) is 1.82. The predicted molar refractivity (Wildman–Crippen MR) is 133 cm³/mol. The van der Waals surface area contributed by atoms with Gasteiger partial charge >= 0.3 is 12.1 Å². The third-order valence-corrected chi connectivity index (χ3v) is 7.61. The van der Waals surface area contributed by atoms with Gasteiger partial charge in [-0.05, 0) is 25.0 Å². The second kappa shape index (κ2) is 10.1. The second-order valence-corrected chi connectivity index (χ2v) is 10.4. The minimum atomic E-state index is -5.08. The Kier molecular flexibility index (Phi) is 7.27. The molecular formula is C24H26F3N5O4S. The Morgan fingerprint density at radius 2 is 1.97 bits per heavy atom. The topological polar surface area (TPSA) is 114 Å². The Morgan fingerprint density at radius 3 is 2.49 bits per heavy atom. The standard InChI is InChI=1S/C22H25N5O2S.C2HF3O2/c1-13-23-12-18(29-13)15-7-6-14(10-17(15)28-4)24-21-25-16-11-22(8-5-9-22)30-19(16)20(26-21)27(2)3;3-2(4,5)1(6)7/h6-7,10,12H,5,8-9,11H2,1-4H3,(H,24,25,26);(H,6,7). The van der Waals surface area contributed by atoms with Gasteiger partial charge in [-0.3, -0.25) is 0 Å². The van der Waals surface area contributed by atoms with Gasteiger partial charge in [0, 0.05) is 43.9 Å². The number of halogens is 3. The van der Waals surface area contributed by atoms with E-state index in [1.54, 1.807) is 13.3 Å². The molecule has 0 amide bonds. The van der Waals surface area contributed by atoms with Crippen LogP contribution in [-0.2, 0) is 11.2 Å². The van der Waals surface area contributed by atoms with E-state index in [0.717, 1.165) is 29.2 Å². The number of alkyl halides is 3. The summed E-state index contributed by atoms with van der Waals surface area (Å²) in [7, 11) is 5.73. The molecule has 0 bridgehead atoms. The van der Waals surface area contributed by atoms with Crippen molar-refractivity contribution < 1.29 is 32.2 Å². The number of fused-ring (bicyclic) bond motifs is 1. The number of thioether (sulfide) groups is 1. The lowest BCUT2D eigenvalue weighted by molar-refractivity contribution is -0.192. The van der Waals surface area contributed by atoms with E-state index in [0.29, 0.717) is 28.1 Å². The summed E-state index contributed by atoms with van der Waals surface area (Å²) in [5.74, 6) is 0.847. The van der Waals surface area contributed by atoms with Crippen molar-refractivity contribution in [2.45, 2.75) is 48.4 Å². The summed E-state index contributed by atoms with van der Waals surface area (Å²) in [6.07, 6.45) is 1.50. The third-order valence-electron chi connectivity index (χ3n) is 6.00. The van der Waals surface area contributed by atoms with E-state index in [1.165, 1.54) is 24.2 Å². The van der Waals surface area contributed by atoms with Crippen molar-refractivity contribution >= 4 is 35.2 Å². The summed E-state index contributed by atoms with van der Waals surface area (Å²) in [6, 6.07) is 5.87. The number of aliphatic carboxylic acids is 1. The van der Waals surface area contributed by atoms with Crippen LogP contribution in [0.2, 0.25) is 0 Å². The molecule has 5 rings (SSSR count). The number of anilines is 3. The van der Waals surface area contributed by atoms with Gasteiger partial charge in [-0.2, -0.15) is 18.2 Å². The average molecular weight is 538 g/mol. The number of hydrogen-bond donors (Lipinski definition) is 2. The molecule has 2 aromatic heterocycles. The number of rotatable bonds is 5. The largest absolute Gasteiger partial charge is 0.496 e. The number of aromatic nitrogens is 3. The van der Waals surface area contributed by atoms with Crippen LogP contribution in [0.1, 0.15) is 30.8 Å². The molecule has 3 aromatic rings. The molecule has 1 aliphatic carbocycles. The highest BCUT2D eigenvalue weighted by molar-refractivity contribution is 8.01. The van der Waals surface area contributed by atoms with Crippen molar-refractivity contribution in [1.29, 1.82) is 0 Å². The van der Waals surface area contributed by atoms with Gasteiger partial charge in [0.15, 0.2) is 11.7 Å². The Hall–Kier alpha value is -3.48. The highest BCUT2D eigenvalue weighted by atomic mass is 32.2. The Balaban J connectivity index is 0.000000405. The summed E-state index contributed by atoms with van der Waals surface area (Å²) < 4.78 is 43.3. The molecule has 1 saturated carbocycles. The zero-order valence-electron chi connectivity index (χ0n) is 20.6. The summed E-state index contributed by atoms with van der Waals surface area (Å²) in [5.41, 5.74) is 2.87. The first-order valence-electron chi connectivity index (χ1n) is 11.4. The van der Waals surface area contributed by atoms with E-state index in [4.69, 9.17) is 29.0 Å². The van der Waals surface area contributed by atoms with Crippen LogP contribution >= 0.6 is 11.8 Å². The van der Waals surface area contributed by atoms with Crippen LogP contribution in [0, 0.1) is 6.92 Å². The third kappa shape index (κ3) is 5.76. The van der Waals surface area contributed by atoms with Crippen LogP contribution in [0.15, 0.2) is 33.7 Å². The molecule has 3 heterocycles. The maximum atomic E-state index is 10.6. The highest BCUT2D eigenvalue weighted by Crippen LogP contribution is 2.57. The van der Waals surface area contributed by atoms with E-state index in [1.807, 2.05) is 51.0 Å². The van der Waals surface area contributed by atoms with Crippen molar-refractivity contribution in [2.75, 3.05) is 31.4 Å². The molecule has 1 fully saturated rings. The van der Waals surface area contributed by atoms with Gasteiger partial charge in [0.1, 0.15) is 11.6 Å². The van der Waals surface area contributed by atoms with Gasteiger partial charge in [-0.25, -0.2) is 14.8 Å². The van der Waals surface area contributed by atoms with Crippen LogP contribution in [0.3, 0.4) is 0 Å². The number of carboxylic acids is 1. The van der Waals surface area contributed by atoms with Crippen LogP contribution in [0.5, 0.6) is 5.75 Å². The zero-order chi connectivity index (χ0) is 27.0. The van der Waals surface area contributed by atoms with E-state index >= 15 is 0 Å². The van der Waals surface area contributed by atoms with Gasteiger partial charge in [0.05, 0.1) is 29.5 Å². The molecule has 13 heteroatoms. The maximum absolute atomic E-state index is 10.6. The first kappa shape index (κ1) is 26.6. The average Bonchev–Trinajstić information content (AvgIpc) is 3.42. The van der Waals surface area contributed by atoms with Crippen molar-refractivity contribution in [3.05, 3.63) is 36.0 Å². The summed E-state index contributed by atoms with van der Waals surface area (Å²) in [4.78, 5) is 26.1. The van der Waals surface area contributed by atoms with Gasteiger partial charge in [0.25, 0.3) is 0 Å². The number of aryl methyl sites for hydroxylation is 1. The van der Waals surface area contributed by atoms with Crippen molar-refractivity contribution in [3.63, 3.8) is 0 Å². The van der Waals surface area contributed by atoms with Gasteiger partial charge in [-0.15, -0.1) is 11.8 Å². The normalized spacial score (nSPS) is 15.3. The molecule has 0 saturated heterocycles. The summed E-state index contributed by atoms with van der Waals surface area (Å²) >= 11 is 1.97. The first-order valence-corrected chi connectivity index (χ1v) is 12.2. The van der Waals surface area contributed by atoms with E-state index in [2.05, 4.69) is 15.2 Å². The number of carboxylic acid groups (broad SMARTS) is 1. The first-order chi connectivity index (χ1) is 17.4. The van der Waals surface area contributed by atoms with Gasteiger partial charge in [0.2, 0.25) is 5.95 Å². The molecule has 9 nitrogen and oxygen atoms in total. The molecule has 198 valence electrons. The molecule has 2 aliphatic rings. The minimum Gasteiger partial charge on any atom is -0.496 e. The molecular weight excluding hydrogens is 511 g/mol. The lowest BCUT2D eigenvalue weighted by atomic mass is 9.81. The highest BCUT2D eigenvalue weighted by Gasteiger charge is 2.45. The van der Waals surface area contributed by atoms with Crippen LogP contribution in [-0.4, -0.2) is 58.2 Å². The second-order valence-electron chi connectivity index (χ2n) is 8.94. The number of hydrogen-bond acceptors (Lipinski definition) is 9. The molecule has 0 atom stereocenters. The van der Waals surface area contributed by atoms with Gasteiger partial charge < -0.3 is 24.5 Å². The Labute approximate surface area is 215 Å². The fourth-order valence-corrected chi connectivity index (χ4v) is 5.75. The minimum absolute atomic E-state index is 0.348. The summed E-state index contributed by atoms with van der Waals surface area (Å²) in [5, 5.41) is 10.5. The maximum Gasteiger partial charge on any atom is 0.490 e. The Bertz CT molecular complexity index is 1310. The number of oxazole rings is 1. The van der Waals surface area contributed by atoms with E-state index in [-0.39, 0.29) is 0 Å². The number of ether oxygens (including phenoxy) is 1. The molecule has 1 spiro atoms. The van der Waals surface area contributed by atoms with E-state index in [9.17, 15) is 13.2 Å². The van der Waals surface area contributed by atoms with Crippen molar-refractivity contribution in [1.82, 2.24) is 15.0 Å². The molecule has 2 N–H and O–H groups in total. The molecule has 1 aliphatic heterocycles. The molecule has 37 heavy (non-hydrogen) atoms. The number of nitrogens with zero attached hydrogens (tertiary/aromatic N) is 4.